The zero-order valence-corrected chi connectivity index (χ0v) is 9.56. The normalized spacial score (nSPS) is 10.1. The van der Waals surface area contributed by atoms with Gasteiger partial charge in [-0.1, -0.05) is 6.07 Å². The van der Waals surface area contributed by atoms with Crippen molar-refractivity contribution >= 4 is 28.3 Å². The molecule has 2 rings (SSSR count). The average molecular weight is 300 g/mol. The van der Waals surface area contributed by atoms with Gasteiger partial charge in [-0.3, -0.25) is 0 Å². The van der Waals surface area contributed by atoms with Crippen molar-refractivity contribution in [3.05, 3.63) is 46.2 Å². The number of hydrogen-bond donors (Lipinski definition) is 1. The molecular weight excluding hydrogens is 291 g/mol. The predicted octanol–water partition coefficient (Wildman–Crippen LogP) is 2.89. The van der Waals surface area contributed by atoms with Gasteiger partial charge in [0, 0.05) is 9.26 Å². The van der Waals surface area contributed by atoms with E-state index in [1.807, 2.05) is 12.1 Å². The Morgan fingerprint density at radius 2 is 2.36 bits per heavy atom. The molecule has 0 spiro atoms. The minimum atomic E-state index is 0.667. The summed E-state index contributed by atoms with van der Waals surface area (Å²) in [5, 5.41) is 3.25. The molecule has 1 aromatic heterocycles. The SMILES string of the molecule is Ic1cccc(NCc2cnco2)c1. The summed E-state index contributed by atoms with van der Waals surface area (Å²) >= 11 is 2.28. The fraction of sp³-hybridized carbons (Fsp3) is 0.100. The molecule has 72 valence electrons. The van der Waals surface area contributed by atoms with Crippen LogP contribution in [0.1, 0.15) is 5.76 Å². The van der Waals surface area contributed by atoms with Crippen LogP contribution in [-0.4, -0.2) is 4.98 Å². The highest BCUT2D eigenvalue weighted by atomic mass is 127. The monoisotopic (exact) mass is 300 g/mol. The van der Waals surface area contributed by atoms with Gasteiger partial charge in [0.25, 0.3) is 0 Å². The van der Waals surface area contributed by atoms with Crippen molar-refractivity contribution in [3.8, 4) is 0 Å². The molecule has 0 unspecified atom stereocenters. The minimum absolute atomic E-state index is 0.667. The molecule has 0 saturated heterocycles. The average Bonchev–Trinajstić information content (AvgIpc) is 2.67. The van der Waals surface area contributed by atoms with Gasteiger partial charge < -0.3 is 9.73 Å². The molecule has 0 aliphatic rings. The lowest BCUT2D eigenvalue weighted by atomic mass is 10.3. The summed E-state index contributed by atoms with van der Waals surface area (Å²) in [7, 11) is 0. The molecule has 0 aliphatic heterocycles. The summed E-state index contributed by atoms with van der Waals surface area (Å²) in [4.78, 5) is 3.84. The molecule has 1 aromatic carbocycles. The lowest BCUT2D eigenvalue weighted by molar-refractivity contribution is 0.512. The van der Waals surface area contributed by atoms with Crippen LogP contribution in [0.2, 0.25) is 0 Å². The molecule has 1 heterocycles. The van der Waals surface area contributed by atoms with Crippen molar-refractivity contribution in [3.63, 3.8) is 0 Å². The Morgan fingerprint density at radius 1 is 1.43 bits per heavy atom. The summed E-state index contributed by atoms with van der Waals surface area (Å²) in [5.74, 6) is 0.837. The minimum Gasteiger partial charge on any atom is -0.447 e. The summed E-state index contributed by atoms with van der Waals surface area (Å²) < 4.78 is 6.32. The number of rotatable bonds is 3. The molecule has 14 heavy (non-hydrogen) atoms. The molecule has 2 aromatic rings. The summed E-state index contributed by atoms with van der Waals surface area (Å²) in [6.45, 7) is 0.667. The van der Waals surface area contributed by atoms with E-state index in [4.69, 9.17) is 4.42 Å². The summed E-state index contributed by atoms with van der Waals surface area (Å²) in [6, 6.07) is 8.18. The molecule has 0 aliphatic carbocycles. The predicted molar refractivity (Wildman–Crippen MR) is 63.0 cm³/mol. The number of oxazole rings is 1. The number of nitrogens with zero attached hydrogens (tertiary/aromatic N) is 1. The van der Waals surface area contributed by atoms with E-state index in [1.54, 1.807) is 6.20 Å². The molecule has 0 saturated carbocycles. The van der Waals surface area contributed by atoms with E-state index in [0.717, 1.165) is 11.4 Å². The highest BCUT2D eigenvalue weighted by Crippen LogP contribution is 2.13. The number of nitrogens with one attached hydrogen (secondary N) is 1. The first-order chi connectivity index (χ1) is 6.84. The van der Waals surface area contributed by atoms with Crippen LogP contribution in [0.3, 0.4) is 0 Å². The lowest BCUT2D eigenvalue weighted by Crippen LogP contribution is -1.97. The van der Waals surface area contributed by atoms with Crippen LogP contribution in [0.5, 0.6) is 0 Å². The maximum absolute atomic E-state index is 5.11. The third-order valence-corrected chi connectivity index (χ3v) is 2.45. The zero-order valence-electron chi connectivity index (χ0n) is 7.40. The van der Waals surface area contributed by atoms with Gasteiger partial charge in [-0.15, -0.1) is 0 Å². The third-order valence-electron chi connectivity index (χ3n) is 1.77. The van der Waals surface area contributed by atoms with Crippen molar-refractivity contribution in [2.24, 2.45) is 0 Å². The van der Waals surface area contributed by atoms with Gasteiger partial charge in [0.05, 0.1) is 12.7 Å². The number of halogens is 1. The Morgan fingerprint density at radius 3 is 3.07 bits per heavy atom. The Kier molecular flexibility index (Phi) is 3.03. The van der Waals surface area contributed by atoms with E-state index in [0.29, 0.717) is 6.54 Å². The van der Waals surface area contributed by atoms with Crippen LogP contribution in [0.4, 0.5) is 5.69 Å². The van der Waals surface area contributed by atoms with Crippen LogP contribution in [0, 0.1) is 3.57 Å². The molecule has 1 N–H and O–H groups in total. The van der Waals surface area contributed by atoms with Gasteiger partial charge in [0.2, 0.25) is 0 Å². The van der Waals surface area contributed by atoms with Crippen molar-refractivity contribution in [2.45, 2.75) is 6.54 Å². The van der Waals surface area contributed by atoms with Gasteiger partial charge in [-0.25, -0.2) is 4.98 Å². The van der Waals surface area contributed by atoms with Crippen LogP contribution < -0.4 is 5.32 Å². The topological polar surface area (TPSA) is 38.1 Å². The number of benzene rings is 1. The van der Waals surface area contributed by atoms with Crippen molar-refractivity contribution in [1.29, 1.82) is 0 Å². The second kappa shape index (κ2) is 4.45. The smallest absolute Gasteiger partial charge is 0.180 e. The highest BCUT2D eigenvalue weighted by molar-refractivity contribution is 14.1. The first-order valence-corrected chi connectivity index (χ1v) is 5.29. The van der Waals surface area contributed by atoms with Crippen LogP contribution in [-0.2, 0) is 6.54 Å². The van der Waals surface area contributed by atoms with Gasteiger partial charge in [0.15, 0.2) is 6.39 Å². The molecular formula is C10H9IN2O. The third kappa shape index (κ3) is 2.47. The van der Waals surface area contributed by atoms with E-state index in [9.17, 15) is 0 Å². The fourth-order valence-corrected chi connectivity index (χ4v) is 1.66. The van der Waals surface area contributed by atoms with E-state index < -0.39 is 0 Å². The Labute approximate surface area is 95.7 Å². The van der Waals surface area contributed by atoms with Gasteiger partial charge in [-0.2, -0.15) is 0 Å². The molecule has 0 radical (unpaired) electrons. The fourth-order valence-electron chi connectivity index (χ4n) is 1.12. The van der Waals surface area contributed by atoms with E-state index >= 15 is 0 Å². The van der Waals surface area contributed by atoms with Crippen LogP contribution >= 0.6 is 22.6 Å². The van der Waals surface area contributed by atoms with Crippen LogP contribution in [0.25, 0.3) is 0 Å². The Hall–Kier alpha value is -1.04. The molecule has 0 amide bonds. The van der Waals surface area contributed by atoms with E-state index in [-0.39, 0.29) is 0 Å². The second-order valence-corrected chi connectivity index (χ2v) is 4.08. The maximum atomic E-state index is 5.11. The Bertz CT molecular complexity index is 400. The lowest BCUT2D eigenvalue weighted by Gasteiger charge is -2.03. The molecule has 0 fully saturated rings. The first-order valence-electron chi connectivity index (χ1n) is 4.21. The summed E-state index contributed by atoms with van der Waals surface area (Å²) in [6.07, 6.45) is 3.15. The van der Waals surface area contributed by atoms with Gasteiger partial charge in [0.1, 0.15) is 5.76 Å². The number of aromatic nitrogens is 1. The molecule has 0 bridgehead atoms. The number of hydrogen-bond acceptors (Lipinski definition) is 3. The molecule has 4 heteroatoms. The Balaban J connectivity index is 1.98. The van der Waals surface area contributed by atoms with Crippen molar-refractivity contribution in [1.82, 2.24) is 4.98 Å². The second-order valence-electron chi connectivity index (χ2n) is 2.83. The van der Waals surface area contributed by atoms with Gasteiger partial charge in [-0.05, 0) is 40.8 Å². The largest absolute Gasteiger partial charge is 0.447 e. The standard InChI is InChI=1S/C10H9IN2O/c11-8-2-1-3-9(4-8)13-6-10-5-12-7-14-10/h1-5,7,13H,6H2. The maximum Gasteiger partial charge on any atom is 0.180 e. The zero-order chi connectivity index (χ0) is 9.80. The summed E-state index contributed by atoms with van der Waals surface area (Å²) in [5.41, 5.74) is 1.09. The van der Waals surface area contributed by atoms with Gasteiger partial charge >= 0.3 is 0 Å². The van der Waals surface area contributed by atoms with Crippen molar-refractivity contribution < 1.29 is 4.42 Å². The van der Waals surface area contributed by atoms with Crippen LogP contribution in [0.15, 0.2) is 41.3 Å². The van der Waals surface area contributed by atoms with E-state index in [1.165, 1.54) is 9.96 Å². The van der Waals surface area contributed by atoms with Crippen molar-refractivity contribution in [2.75, 3.05) is 5.32 Å². The molecule has 0 atom stereocenters. The van der Waals surface area contributed by atoms with E-state index in [2.05, 4.69) is 45.0 Å². The highest BCUT2D eigenvalue weighted by Gasteiger charge is 1.96. The number of anilines is 1. The first kappa shape index (κ1) is 9.51. The molecule has 3 nitrogen and oxygen atoms in total. The quantitative estimate of drug-likeness (QED) is 0.886.